The molecule has 0 radical (unpaired) electrons. The zero-order valence-corrected chi connectivity index (χ0v) is 11.9. The first-order valence-electron chi connectivity index (χ1n) is 7.89. The molecule has 108 valence electrons. The number of carbonyl (C=O) groups excluding carboxylic acids is 1. The summed E-state index contributed by atoms with van der Waals surface area (Å²) in [4.78, 5) is 12.1. The Morgan fingerprint density at radius 3 is 2.63 bits per heavy atom. The van der Waals surface area contributed by atoms with E-state index < -0.39 is 0 Å². The second-order valence-corrected chi connectivity index (χ2v) is 6.39. The number of hydrogen-bond acceptors (Lipinski definition) is 3. The zero-order valence-electron chi connectivity index (χ0n) is 11.9. The Balaban J connectivity index is 1.62. The van der Waals surface area contributed by atoms with Gasteiger partial charge in [-0.2, -0.15) is 0 Å². The molecule has 0 aromatic heterocycles. The lowest BCUT2D eigenvalue weighted by atomic mass is 9.55. The Hall–Kier alpha value is -0.610. The van der Waals surface area contributed by atoms with Crippen molar-refractivity contribution >= 4 is 5.91 Å². The maximum atomic E-state index is 12.1. The van der Waals surface area contributed by atoms with Crippen molar-refractivity contribution in [1.82, 2.24) is 10.6 Å². The smallest absolute Gasteiger partial charge is 0.225 e. The third kappa shape index (κ3) is 2.29. The van der Waals surface area contributed by atoms with E-state index in [2.05, 4.69) is 17.6 Å². The maximum Gasteiger partial charge on any atom is 0.225 e. The molecule has 4 nitrogen and oxygen atoms in total. The molecule has 1 aliphatic heterocycles. The van der Waals surface area contributed by atoms with Crippen LogP contribution < -0.4 is 10.6 Å². The molecule has 3 rings (SSSR count). The summed E-state index contributed by atoms with van der Waals surface area (Å²) >= 11 is 0. The lowest BCUT2D eigenvalue weighted by Gasteiger charge is -2.58. The second-order valence-electron chi connectivity index (χ2n) is 6.39. The van der Waals surface area contributed by atoms with Gasteiger partial charge in [-0.1, -0.05) is 19.3 Å². The van der Waals surface area contributed by atoms with E-state index >= 15 is 0 Å². The van der Waals surface area contributed by atoms with Gasteiger partial charge in [-0.3, -0.25) is 4.79 Å². The van der Waals surface area contributed by atoms with Crippen molar-refractivity contribution in [3.63, 3.8) is 0 Å². The van der Waals surface area contributed by atoms with Crippen LogP contribution in [0.2, 0.25) is 0 Å². The van der Waals surface area contributed by atoms with E-state index in [1.54, 1.807) is 0 Å². The van der Waals surface area contributed by atoms with Crippen LogP contribution >= 0.6 is 0 Å². The van der Waals surface area contributed by atoms with Crippen molar-refractivity contribution in [1.29, 1.82) is 0 Å². The van der Waals surface area contributed by atoms with Crippen LogP contribution in [-0.2, 0) is 9.53 Å². The average molecular weight is 266 g/mol. The van der Waals surface area contributed by atoms with Crippen molar-refractivity contribution in [3.05, 3.63) is 0 Å². The molecule has 1 spiro atoms. The van der Waals surface area contributed by atoms with E-state index in [0.29, 0.717) is 12.1 Å². The minimum atomic E-state index is 0.201. The Morgan fingerprint density at radius 1 is 1.32 bits per heavy atom. The summed E-state index contributed by atoms with van der Waals surface area (Å²) in [5.41, 5.74) is 0.251. The van der Waals surface area contributed by atoms with Crippen LogP contribution in [0.25, 0.3) is 0 Å². The molecular weight excluding hydrogens is 240 g/mol. The van der Waals surface area contributed by atoms with Crippen LogP contribution in [0.1, 0.15) is 45.4 Å². The Kier molecular flexibility index (Phi) is 3.81. The Morgan fingerprint density at radius 2 is 2.05 bits per heavy atom. The molecule has 1 heterocycles. The minimum absolute atomic E-state index is 0.201. The fourth-order valence-electron chi connectivity index (χ4n) is 4.03. The fourth-order valence-corrected chi connectivity index (χ4v) is 4.03. The van der Waals surface area contributed by atoms with Crippen LogP contribution in [0, 0.1) is 11.3 Å². The predicted octanol–water partition coefficient (Wildman–Crippen LogP) is 1.45. The summed E-state index contributed by atoms with van der Waals surface area (Å²) in [6, 6.07) is 0.359. The van der Waals surface area contributed by atoms with Gasteiger partial charge in [0.1, 0.15) is 0 Å². The van der Waals surface area contributed by atoms with Crippen LogP contribution in [0.3, 0.4) is 0 Å². The first kappa shape index (κ1) is 13.4. The molecule has 0 bridgehead atoms. The molecule has 0 aromatic rings. The molecule has 3 fully saturated rings. The molecule has 3 aliphatic rings. The normalized spacial score (nSPS) is 33.5. The van der Waals surface area contributed by atoms with E-state index in [9.17, 15) is 4.79 Å². The molecule has 1 saturated heterocycles. The highest BCUT2D eigenvalue weighted by atomic mass is 16.5. The highest BCUT2D eigenvalue weighted by Gasteiger charge is 2.56. The highest BCUT2D eigenvalue weighted by Crippen LogP contribution is 2.53. The van der Waals surface area contributed by atoms with Gasteiger partial charge in [-0.05, 0) is 26.2 Å². The first-order chi connectivity index (χ1) is 9.26. The lowest BCUT2D eigenvalue weighted by molar-refractivity contribution is -0.159. The third-order valence-electron chi connectivity index (χ3n) is 5.41. The molecule has 19 heavy (non-hydrogen) atoms. The van der Waals surface area contributed by atoms with Crippen LogP contribution in [-0.4, -0.2) is 37.7 Å². The van der Waals surface area contributed by atoms with Crippen molar-refractivity contribution < 1.29 is 9.53 Å². The number of hydrogen-bond donors (Lipinski definition) is 2. The number of nitrogens with one attached hydrogen (secondary N) is 2. The molecule has 2 aliphatic carbocycles. The monoisotopic (exact) mass is 266 g/mol. The first-order valence-corrected chi connectivity index (χ1v) is 7.89. The molecule has 2 saturated carbocycles. The zero-order chi connectivity index (χ0) is 13.3. The van der Waals surface area contributed by atoms with E-state index in [0.717, 1.165) is 26.1 Å². The standard InChI is InChI=1S/C15H26N2O2/c1-2-19-13-8-12(15(13)6-4-3-5-7-15)17-14(18)11-9-16-10-11/h11-13,16H,2-10H2,1H3,(H,17,18). The molecule has 0 aromatic carbocycles. The SMILES string of the molecule is CCOC1CC(NC(=O)C2CNC2)C12CCCCC2. The third-order valence-corrected chi connectivity index (χ3v) is 5.41. The molecule has 2 atom stereocenters. The minimum Gasteiger partial charge on any atom is -0.378 e. The van der Waals surface area contributed by atoms with Gasteiger partial charge in [-0.25, -0.2) is 0 Å². The van der Waals surface area contributed by atoms with E-state index in [4.69, 9.17) is 4.74 Å². The quantitative estimate of drug-likeness (QED) is 0.810. The van der Waals surface area contributed by atoms with Gasteiger partial charge in [0, 0.05) is 31.2 Å². The maximum absolute atomic E-state index is 12.1. The fraction of sp³-hybridized carbons (Fsp3) is 0.933. The highest BCUT2D eigenvalue weighted by molar-refractivity contribution is 5.80. The van der Waals surface area contributed by atoms with Gasteiger partial charge >= 0.3 is 0 Å². The van der Waals surface area contributed by atoms with Gasteiger partial charge in [0.05, 0.1) is 12.0 Å². The molecule has 2 N–H and O–H groups in total. The van der Waals surface area contributed by atoms with Crippen molar-refractivity contribution in [3.8, 4) is 0 Å². The summed E-state index contributed by atoms with van der Waals surface area (Å²) in [6.45, 7) is 4.56. The Bertz CT molecular complexity index is 335. The van der Waals surface area contributed by atoms with Crippen LogP contribution in [0.5, 0.6) is 0 Å². The summed E-state index contributed by atoms with van der Waals surface area (Å²) in [7, 11) is 0. The molecule has 4 heteroatoms. The van der Waals surface area contributed by atoms with Gasteiger partial charge in [0.25, 0.3) is 0 Å². The number of ether oxygens (including phenoxy) is 1. The van der Waals surface area contributed by atoms with Crippen molar-refractivity contribution in [2.24, 2.45) is 11.3 Å². The molecule has 2 unspecified atom stereocenters. The van der Waals surface area contributed by atoms with Crippen molar-refractivity contribution in [2.45, 2.75) is 57.6 Å². The predicted molar refractivity (Wildman–Crippen MR) is 73.8 cm³/mol. The summed E-state index contributed by atoms with van der Waals surface area (Å²) in [6.07, 6.45) is 7.77. The van der Waals surface area contributed by atoms with Crippen LogP contribution in [0.15, 0.2) is 0 Å². The number of rotatable bonds is 4. The molecular formula is C15H26N2O2. The summed E-state index contributed by atoms with van der Waals surface area (Å²) < 4.78 is 5.92. The van der Waals surface area contributed by atoms with Crippen LogP contribution in [0.4, 0.5) is 0 Å². The Labute approximate surface area is 115 Å². The largest absolute Gasteiger partial charge is 0.378 e. The average Bonchev–Trinajstić information content (AvgIpc) is 2.36. The van der Waals surface area contributed by atoms with E-state index in [1.807, 2.05) is 0 Å². The van der Waals surface area contributed by atoms with Gasteiger partial charge in [0.2, 0.25) is 5.91 Å². The van der Waals surface area contributed by atoms with E-state index in [1.165, 1.54) is 32.1 Å². The number of carbonyl (C=O) groups is 1. The number of amides is 1. The second kappa shape index (κ2) is 5.41. The van der Waals surface area contributed by atoms with Crippen molar-refractivity contribution in [2.75, 3.05) is 19.7 Å². The summed E-state index contributed by atoms with van der Waals surface area (Å²) in [5.74, 6) is 0.454. The van der Waals surface area contributed by atoms with Gasteiger partial charge in [0.15, 0.2) is 0 Å². The molecule has 1 amide bonds. The topological polar surface area (TPSA) is 50.4 Å². The van der Waals surface area contributed by atoms with Gasteiger partial charge in [-0.15, -0.1) is 0 Å². The van der Waals surface area contributed by atoms with E-state index in [-0.39, 0.29) is 17.2 Å². The lowest BCUT2D eigenvalue weighted by Crippen LogP contribution is -2.67. The summed E-state index contributed by atoms with van der Waals surface area (Å²) in [5, 5.41) is 6.47. The van der Waals surface area contributed by atoms with Gasteiger partial charge < -0.3 is 15.4 Å².